The van der Waals surface area contributed by atoms with E-state index in [2.05, 4.69) is 5.32 Å². The van der Waals surface area contributed by atoms with Crippen LogP contribution in [0.2, 0.25) is 10.0 Å². The Morgan fingerprint density at radius 3 is 2.36 bits per heavy atom. The lowest BCUT2D eigenvalue weighted by atomic mass is 10.3. The fourth-order valence-electron chi connectivity index (χ4n) is 0.812. The van der Waals surface area contributed by atoms with Gasteiger partial charge in [-0.15, -0.1) is 0 Å². The van der Waals surface area contributed by atoms with E-state index >= 15 is 0 Å². The number of hydrogen-bond donors (Lipinski definition) is 2. The van der Waals surface area contributed by atoms with Crippen LogP contribution in [0.4, 0.5) is 5.69 Å². The maximum atomic E-state index is 5.91. The second-order valence-electron chi connectivity index (χ2n) is 2.64. The molecule has 0 aliphatic rings. The third-order valence-corrected chi connectivity index (χ3v) is 2.54. The topological polar surface area (TPSA) is 41.3 Å². The van der Waals surface area contributed by atoms with E-state index < -0.39 is 0 Å². The predicted molar refractivity (Wildman–Crippen MR) is 64.6 cm³/mol. The summed E-state index contributed by atoms with van der Waals surface area (Å²) in [6.07, 6.45) is 0. The molecule has 0 saturated heterocycles. The van der Waals surface area contributed by atoms with Crippen LogP contribution in [0.25, 0.3) is 0 Å². The van der Waals surface area contributed by atoms with Gasteiger partial charge in [0.15, 0.2) is 5.11 Å². The predicted octanol–water partition coefficient (Wildman–Crippen LogP) is 2.50. The molecule has 0 saturated carbocycles. The zero-order valence-corrected chi connectivity index (χ0v) is 9.75. The van der Waals surface area contributed by atoms with Gasteiger partial charge in [-0.05, 0) is 24.4 Å². The highest BCUT2D eigenvalue weighted by atomic mass is 35.5. The highest BCUT2D eigenvalue weighted by Gasteiger charge is 2.07. The van der Waals surface area contributed by atoms with E-state index in [1.54, 1.807) is 25.2 Å². The Bertz CT molecular complexity index is 334. The SMILES string of the molecule is CN(N)C(=S)Nc1c(Cl)cccc1Cl. The minimum Gasteiger partial charge on any atom is -0.329 e. The molecule has 0 amide bonds. The standard InChI is InChI=1S/C8H9Cl2N3S/c1-13(11)8(14)12-7-5(9)3-2-4-6(7)10/h2-4H,11H2,1H3,(H,12,14). The fraction of sp³-hybridized carbons (Fsp3) is 0.125. The molecule has 3 N–H and O–H groups in total. The minimum atomic E-state index is 0.347. The van der Waals surface area contributed by atoms with Crippen molar-refractivity contribution in [2.24, 2.45) is 5.84 Å². The first-order chi connectivity index (χ1) is 6.52. The van der Waals surface area contributed by atoms with Crippen LogP contribution in [-0.4, -0.2) is 17.2 Å². The van der Waals surface area contributed by atoms with Crippen LogP contribution in [0.3, 0.4) is 0 Å². The third kappa shape index (κ3) is 2.72. The molecule has 0 aliphatic carbocycles. The Kier molecular flexibility index (Phi) is 3.95. The van der Waals surface area contributed by atoms with Gasteiger partial charge in [0.05, 0.1) is 15.7 Å². The van der Waals surface area contributed by atoms with E-state index in [9.17, 15) is 0 Å². The van der Waals surface area contributed by atoms with Crippen LogP contribution >= 0.6 is 35.4 Å². The Labute approximate surface area is 97.7 Å². The average Bonchev–Trinajstić information content (AvgIpc) is 2.11. The van der Waals surface area contributed by atoms with E-state index in [1.807, 2.05) is 0 Å². The Balaban J connectivity index is 2.91. The van der Waals surface area contributed by atoms with Gasteiger partial charge in [0.25, 0.3) is 0 Å². The van der Waals surface area contributed by atoms with E-state index in [4.69, 9.17) is 41.3 Å². The number of benzene rings is 1. The molecule has 76 valence electrons. The number of anilines is 1. The van der Waals surface area contributed by atoms with E-state index in [0.29, 0.717) is 20.8 Å². The van der Waals surface area contributed by atoms with Crippen LogP contribution in [0.15, 0.2) is 18.2 Å². The van der Waals surface area contributed by atoms with Gasteiger partial charge >= 0.3 is 0 Å². The first-order valence-electron chi connectivity index (χ1n) is 3.76. The summed E-state index contributed by atoms with van der Waals surface area (Å²) >= 11 is 16.8. The number of nitrogens with zero attached hydrogens (tertiary/aromatic N) is 1. The van der Waals surface area contributed by atoms with Gasteiger partial charge in [0, 0.05) is 7.05 Å². The summed E-state index contributed by atoms with van der Waals surface area (Å²) < 4.78 is 0. The molecule has 0 atom stereocenters. The number of para-hydroxylation sites is 1. The maximum Gasteiger partial charge on any atom is 0.187 e. The number of nitrogens with one attached hydrogen (secondary N) is 1. The van der Waals surface area contributed by atoms with Crippen molar-refractivity contribution in [1.82, 2.24) is 5.01 Å². The normalized spacial score (nSPS) is 9.71. The third-order valence-electron chi connectivity index (χ3n) is 1.52. The van der Waals surface area contributed by atoms with E-state index in [-0.39, 0.29) is 0 Å². The van der Waals surface area contributed by atoms with Crippen molar-refractivity contribution in [1.29, 1.82) is 0 Å². The van der Waals surface area contributed by atoms with Crippen LogP contribution in [0, 0.1) is 0 Å². The second-order valence-corrected chi connectivity index (χ2v) is 3.84. The number of rotatable bonds is 1. The second kappa shape index (κ2) is 4.79. The zero-order valence-electron chi connectivity index (χ0n) is 7.42. The molecule has 0 heterocycles. The quantitative estimate of drug-likeness (QED) is 0.456. The molecule has 1 aromatic rings. The Morgan fingerprint density at radius 2 is 1.93 bits per heavy atom. The number of nitrogens with two attached hydrogens (primary N) is 1. The van der Waals surface area contributed by atoms with Gasteiger partial charge in [0.2, 0.25) is 0 Å². The molecule has 1 aromatic carbocycles. The van der Waals surface area contributed by atoms with Gasteiger partial charge < -0.3 is 5.32 Å². The van der Waals surface area contributed by atoms with Gasteiger partial charge in [-0.1, -0.05) is 29.3 Å². The molecule has 0 aromatic heterocycles. The summed E-state index contributed by atoms with van der Waals surface area (Å²) in [5, 5.41) is 5.47. The molecule has 0 unspecified atom stereocenters. The molecule has 0 spiro atoms. The van der Waals surface area contributed by atoms with Crippen molar-refractivity contribution in [2.75, 3.05) is 12.4 Å². The van der Waals surface area contributed by atoms with E-state index in [1.165, 1.54) is 5.01 Å². The minimum absolute atomic E-state index is 0.347. The van der Waals surface area contributed by atoms with Crippen molar-refractivity contribution < 1.29 is 0 Å². The molecule has 0 fully saturated rings. The number of hydrazine groups is 1. The molecule has 1 rings (SSSR count). The monoisotopic (exact) mass is 249 g/mol. The smallest absolute Gasteiger partial charge is 0.187 e. The zero-order chi connectivity index (χ0) is 10.7. The summed E-state index contributed by atoms with van der Waals surface area (Å²) in [7, 11) is 1.63. The van der Waals surface area contributed by atoms with Crippen LogP contribution < -0.4 is 11.2 Å². The summed E-state index contributed by atoms with van der Waals surface area (Å²) in [5.74, 6) is 5.43. The molecule has 3 nitrogen and oxygen atoms in total. The molecule has 14 heavy (non-hydrogen) atoms. The summed E-state index contributed by atoms with van der Waals surface area (Å²) in [6, 6.07) is 5.19. The van der Waals surface area contributed by atoms with Crippen molar-refractivity contribution in [3.63, 3.8) is 0 Å². The molecule has 0 radical (unpaired) electrons. The molecular weight excluding hydrogens is 241 g/mol. The summed E-state index contributed by atoms with van der Waals surface area (Å²) in [4.78, 5) is 0. The Hall–Kier alpha value is -0.550. The summed E-state index contributed by atoms with van der Waals surface area (Å²) in [6.45, 7) is 0. The van der Waals surface area contributed by atoms with Gasteiger partial charge in [0.1, 0.15) is 0 Å². The molecule has 6 heteroatoms. The van der Waals surface area contributed by atoms with Crippen molar-refractivity contribution in [2.45, 2.75) is 0 Å². The number of halogens is 2. The van der Waals surface area contributed by atoms with Crippen molar-refractivity contribution in [3.8, 4) is 0 Å². The maximum absolute atomic E-state index is 5.91. The lowest BCUT2D eigenvalue weighted by Crippen LogP contribution is -2.36. The van der Waals surface area contributed by atoms with Crippen molar-refractivity contribution >= 4 is 46.2 Å². The largest absolute Gasteiger partial charge is 0.329 e. The summed E-state index contributed by atoms with van der Waals surface area (Å²) in [5.41, 5.74) is 0.568. The fourth-order valence-corrected chi connectivity index (χ4v) is 1.41. The van der Waals surface area contributed by atoms with Crippen LogP contribution in [-0.2, 0) is 0 Å². The average molecular weight is 250 g/mol. The molecule has 0 aliphatic heterocycles. The lowest BCUT2D eigenvalue weighted by Gasteiger charge is -2.16. The van der Waals surface area contributed by atoms with Gasteiger partial charge in [-0.2, -0.15) is 0 Å². The van der Waals surface area contributed by atoms with Crippen molar-refractivity contribution in [3.05, 3.63) is 28.2 Å². The van der Waals surface area contributed by atoms with Crippen LogP contribution in [0.5, 0.6) is 0 Å². The van der Waals surface area contributed by atoms with Crippen LogP contribution in [0.1, 0.15) is 0 Å². The van der Waals surface area contributed by atoms with E-state index in [0.717, 1.165) is 0 Å². The Morgan fingerprint density at radius 1 is 1.43 bits per heavy atom. The number of thiocarbonyl (C=S) groups is 1. The van der Waals surface area contributed by atoms with Gasteiger partial charge in [-0.25, -0.2) is 5.84 Å². The first-order valence-corrected chi connectivity index (χ1v) is 4.92. The molecular formula is C8H9Cl2N3S. The van der Waals surface area contributed by atoms with Gasteiger partial charge in [-0.3, -0.25) is 5.01 Å². The lowest BCUT2D eigenvalue weighted by molar-refractivity contribution is 0.548. The number of hydrogen-bond acceptors (Lipinski definition) is 2. The first kappa shape index (κ1) is 11.5. The molecule has 0 bridgehead atoms. The highest BCUT2D eigenvalue weighted by Crippen LogP contribution is 2.29. The highest BCUT2D eigenvalue weighted by molar-refractivity contribution is 7.80.